The Bertz CT molecular complexity index is 392. The molecular formula is C13H20N2O4. The second kappa shape index (κ2) is 5.59. The Morgan fingerprint density at radius 2 is 2.11 bits per heavy atom. The average Bonchev–Trinajstić information content (AvgIpc) is 3.18. The molecule has 1 heterocycles. The van der Waals surface area contributed by atoms with E-state index in [9.17, 15) is 14.4 Å². The van der Waals surface area contributed by atoms with Crippen LogP contribution < -0.4 is 0 Å². The molecule has 0 aromatic carbocycles. The van der Waals surface area contributed by atoms with Crippen LogP contribution in [0, 0.1) is 5.92 Å². The third-order valence-electron chi connectivity index (χ3n) is 3.74. The van der Waals surface area contributed by atoms with E-state index in [1.165, 1.54) is 12.0 Å². The minimum Gasteiger partial charge on any atom is -0.468 e. The molecule has 0 aromatic rings. The number of amides is 2. The Hall–Kier alpha value is -1.59. The van der Waals surface area contributed by atoms with E-state index in [1.807, 2.05) is 11.8 Å². The van der Waals surface area contributed by atoms with Gasteiger partial charge in [-0.05, 0) is 19.8 Å². The van der Waals surface area contributed by atoms with Gasteiger partial charge in [-0.2, -0.15) is 0 Å². The van der Waals surface area contributed by atoms with Gasteiger partial charge >= 0.3 is 5.97 Å². The number of likely N-dealkylation sites (tertiary alicyclic amines) is 1. The third-order valence-corrected chi connectivity index (χ3v) is 3.74. The fourth-order valence-corrected chi connectivity index (χ4v) is 2.46. The smallest absolute Gasteiger partial charge is 0.325 e. The molecule has 6 nitrogen and oxygen atoms in total. The van der Waals surface area contributed by atoms with Crippen LogP contribution in [0.1, 0.15) is 26.2 Å². The van der Waals surface area contributed by atoms with E-state index < -0.39 is 5.97 Å². The average molecular weight is 268 g/mol. The van der Waals surface area contributed by atoms with Crippen molar-refractivity contribution in [1.29, 1.82) is 0 Å². The molecule has 19 heavy (non-hydrogen) atoms. The second-order valence-electron chi connectivity index (χ2n) is 5.11. The predicted molar refractivity (Wildman–Crippen MR) is 67.1 cm³/mol. The van der Waals surface area contributed by atoms with Crippen LogP contribution in [0.4, 0.5) is 0 Å². The third kappa shape index (κ3) is 3.05. The van der Waals surface area contributed by atoms with Crippen LogP contribution in [0.15, 0.2) is 0 Å². The van der Waals surface area contributed by atoms with Crippen molar-refractivity contribution in [2.24, 2.45) is 5.92 Å². The maximum atomic E-state index is 12.3. The van der Waals surface area contributed by atoms with Gasteiger partial charge in [0.25, 0.3) is 0 Å². The van der Waals surface area contributed by atoms with E-state index in [4.69, 9.17) is 0 Å². The highest BCUT2D eigenvalue weighted by atomic mass is 16.5. The standard InChI is InChI=1S/C13H20N2O4/c1-3-14(8-12(17)19-2)13(18)9-6-11(16)15(7-9)10-4-5-10/h9-10H,3-8H2,1-2H3. The number of likely N-dealkylation sites (N-methyl/N-ethyl adjacent to an activating group) is 1. The molecule has 1 saturated heterocycles. The Morgan fingerprint density at radius 3 is 2.63 bits per heavy atom. The quantitative estimate of drug-likeness (QED) is 0.659. The molecule has 1 atom stereocenters. The monoisotopic (exact) mass is 268 g/mol. The number of methoxy groups -OCH3 is 1. The first-order chi connectivity index (χ1) is 9.06. The molecule has 0 radical (unpaired) electrons. The summed E-state index contributed by atoms with van der Waals surface area (Å²) in [6, 6.07) is 0.348. The zero-order chi connectivity index (χ0) is 14.0. The van der Waals surface area contributed by atoms with Gasteiger partial charge in [0.15, 0.2) is 0 Å². The fourth-order valence-electron chi connectivity index (χ4n) is 2.46. The number of hydrogen-bond donors (Lipinski definition) is 0. The molecule has 1 saturated carbocycles. The Labute approximate surface area is 112 Å². The van der Waals surface area contributed by atoms with Crippen LogP contribution in [0.25, 0.3) is 0 Å². The molecular weight excluding hydrogens is 248 g/mol. The summed E-state index contributed by atoms with van der Waals surface area (Å²) in [5, 5.41) is 0. The largest absolute Gasteiger partial charge is 0.468 e. The van der Waals surface area contributed by atoms with Gasteiger partial charge in [-0.25, -0.2) is 0 Å². The molecule has 1 aliphatic heterocycles. The number of hydrogen-bond acceptors (Lipinski definition) is 4. The highest BCUT2D eigenvalue weighted by Gasteiger charge is 2.42. The molecule has 6 heteroatoms. The topological polar surface area (TPSA) is 66.9 Å². The van der Waals surface area contributed by atoms with Crippen molar-refractivity contribution in [3.8, 4) is 0 Å². The summed E-state index contributed by atoms with van der Waals surface area (Å²) < 4.78 is 4.58. The number of esters is 1. The summed E-state index contributed by atoms with van der Waals surface area (Å²) in [6.45, 7) is 2.72. The number of ether oxygens (including phenoxy) is 1. The van der Waals surface area contributed by atoms with Crippen LogP contribution >= 0.6 is 0 Å². The van der Waals surface area contributed by atoms with E-state index in [2.05, 4.69) is 4.74 Å². The first-order valence-corrected chi connectivity index (χ1v) is 6.71. The van der Waals surface area contributed by atoms with Crippen LogP contribution in [0.5, 0.6) is 0 Å². The number of carbonyl (C=O) groups is 3. The van der Waals surface area contributed by atoms with E-state index in [1.54, 1.807) is 0 Å². The zero-order valence-electron chi connectivity index (χ0n) is 11.4. The lowest BCUT2D eigenvalue weighted by molar-refractivity contribution is -0.148. The van der Waals surface area contributed by atoms with Crippen molar-refractivity contribution in [3.05, 3.63) is 0 Å². The molecule has 1 unspecified atom stereocenters. The molecule has 2 amide bonds. The molecule has 0 bridgehead atoms. The Balaban J connectivity index is 1.94. The zero-order valence-corrected chi connectivity index (χ0v) is 11.4. The predicted octanol–water partition coefficient (Wildman–Crippen LogP) is 0.0188. The summed E-state index contributed by atoms with van der Waals surface area (Å²) >= 11 is 0. The van der Waals surface area contributed by atoms with Gasteiger partial charge in [0.1, 0.15) is 6.54 Å². The lowest BCUT2D eigenvalue weighted by atomic mass is 10.1. The number of carbonyl (C=O) groups excluding carboxylic acids is 3. The molecule has 0 aromatic heterocycles. The normalized spacial score (nSPS) is 22.5. The maximum Gasteiger partial charge on any atom is 0.325 e. The van der Waals surface area contributed by atoms with Gasteiger partial charge in [-0.3, -0.25) is 14.4 Å². The highest BCUT2D eigenvalue weighted by Crippen LogP contribution is 2.33. The van der Waals surface area contributed by atoms with Gasteiger partial charge in [0.05, 0.1) is 13.0 Å². The SMILES string of the molecule is CCN(CC(=O)OC)C(=O)C1CC(=O)N(C2CC2)C1. The lowest BCUT2D eigenvalue weighted by Crippen LogP contribution is -2.40. The van der Waals surface area contributed by atoms with E-state index in [-0.39, 0.29) is 30.7 Å². The van der Waals surface area contributed by atoms with Crippen molar-refractivity contribution >= 4 is 17.8 Å². The molecule has 2 rings (SSSR count). The summed E-state index contributed by atoms with van der Waals surface area (Å²) in [6.07, 6.45) is 2.37. The van der Waals surface area contributed by atoms with Crippen LogP contribution in [0.3, 0.4) is 0 Å². The Morgan fingerprint density at radius 1 is 1.42 bits per heavy atom. The van der Waals surface area contributed by atoms with E-state index in [0.29, 0.717) is 19.1 Å². The first kappa shape index (κ1) is 13.8. The van der Waals surface area contributed by atoms with Gasteiger partial charge in [0, 0.05) is 25.6 Å². The Kier molecular flexibility index (Phi) is 4.07. The van der Waals surface area contributed by atoms with Crippen molar-refractivity contribution < 1.29 is 19.1 Å². The summed E-state index contributed by atoms with van der Waals surface area (Å²) in [5.74, 6) is -0.796. The molecule has 1 aliphatic carbocycles. The van der Waals surface area contributed by atoms with E-state index >= 15 is 0 Å². The highest BCUT2D eigenvalue weighted by molar-refractivity contribution is 5.91. The summed E-state index contributed by atoms with van der Waals surface area (Å²) in [4.78, 5) is 38.7. The number of nitrogens with zero attached hydrogens (tertiary/aromatic N) is 2. The van der Waals surface area contributed by atoms with Gasteiger partial charge in [-0.15, -0.1) is 0 Å². The lowest BCUT2D eigenvalue weighted by Gasteiger charge is -2.23. The number of rotatable bonds is 5. The van der Waals surface area contributed by atoms with Crippen molar-refractivity contribution in [3.63, 3.8) is 0 Å². The van der Waals surface area contributed by atoms with Crippen LogP contribution in [-0.4, -0.2) is 60.4 Å². The molecule has 2 fully saturated rings. The van der Waals surface area contributed by atoms with Gasteiger partial charge in [-0.1, -0.05) is 0 Å². The van der Waals surface area contributed by atoms with Crippen LogP contribution in [0.2, 0.25) is 0 Å². The molecule has 2 aliphatic rings. The minimum absolute atomic E-state index is 0.0417. The fraction of sp³-hybridized carbons (Fsp3) is 0.769. The minimum atomic E-state index is -0.432. The molecule has 0 spiro atoms. The maximum absolute atomic E-state index is 12.3. The molecule has 0 N–H and O–H groups in total. The van der Waals surface area contributed by atoms with Crippen molar-refractivity contribution in [2.45, 2.75) is 32.2 Å². The summed E-state index contributed by atoms with van der Waals surface area (Å²) in [5.41, 5.74) is 0. The van der Waals surface area contributed by atoms with Crippen molar-refractivity contribution in [1.82, 2.24) is 9.80 Å². The molecule has 106 valence electrons. The van der Waals surface area contributed by atoms with Crippen LogP contribution in [-0.2, 0) is 19.1 Å². The van der Waals surface area contributed by atoms with Crippen molar-refractivity contribution in [2.75, 3.05) is 26.7 Å². The van der Waals surface area contributed by atoms with Gasteiger partial charge < -0.3 is 14.5 Å². The van der Waals surface area contributed by atoms with E-state index in [0.717, 1.165) is 12.8 Å². The van der Waals surface area contributed by atoms with Gasteiger partial charge in [0.2, 0.25) is 11.8 Å². The second-order valence-corrected chi connectivity index (χ2v) is 5.11. The first-order valence-electron chi connectivity index (χ1n) is 6.71. The summed E-state index contributed by atoms with van der Waals surface area (Å²) in [7, 11) is 1.30.